The van der Waals surface area contributed by atoms with Gasteiger partial charge in [-0.05, 0) is 48.9 Å². The first kappa shape index (κ1) is 14.8. The maximum absolute atomic E-state index is 12.6. The zero-order valence-corrected chi connectivity index (χ0v) is 13.0. The third-order valence-corrected chi connectivity index (χ3v) is 5.84. The number of halogens is 1. The van der Waals surface area contributed by atoms with Crippen LogP contribution in [-0.4, -0.2) is 25.8 Å². The number of sulfonamides is 1. The van der Waals surface area contributed by atoms with Crippen LogP contribution in [0.3, 0.4) is 0 Å². The molecule has 0 saturated heterocycles. The van der Waals surface area contributed by atoms with Crippen molar-refractivity contribution in [1.29, 1.82) is 0 Å². The molecule has 2 rings (SSSR count). The minimum Gasteiger partial charge on any atom is -0.207 e. The van der Waals surface area contributed by atoms with Crippen LogP contribution in [0.15, 0.2) is 23.1 Å². The molecule has 0 unspecified atom stereocenters. The van der Waals surface area contributed by atoms with Crippen molar-refractivity contribution in [2.24, 2.45) is 5.92 Å². The van der Waals surface area contributed by atoms with E-state index in [1.807, 2.05) is 19.9 Å². The van der Waals surface area contributed by atoms with Gasteiger partial charge in [0.2, 0.25) is 10.0 Å². The van der Waals surface area contributed by atoms with Crippen LogP contribution in [0, 0.1) is 12.8 Å². The molecular weight excluding hydrogens is 282 g/mol. The van der Waals surface area contributed by atoms with Gasteiger partial charge in [-0.2, -0.15) is 4.31 Å². The van der Waals surface area contributed by atoms with Gasteiger partial charge in [0.15, 0.2) is 0 Å². The van der Waals surface area contributed by atoms with Gasteiger partial charge in [-0.15, -0.1) is 11.6 Å². The predicted octanol–water partition coefficient (Wildman–Crippen LogP) is 3.15. The van der Waals surface area contributed by atoms with Gasteiger partial charge in [-0.3, -0.25) is 0 Å². The van der Waals surface area contributed by atoms with E-state index < -0.39 is 10.0 Å². The number of alkyl halides is 1. The standard InChI is InChI=1S/C14H20ClNO2S/c1-3-16(10-12-5-6-12)19(17,18)14-7-4-11(2)13(8-14)9-15/h4,7-8,12H,3,5-6,9-10H2,1-2H3. The molecule has 0 amide bonds. The van der Waals surface area contributed by atoms with Gasteiger partial charge < -0.3 is 0 Å². The molecule has 0 radical (unpaired) electrons. The highest BCUT2D eigenvalue weighted by atomic mass is 35.5. The predicted molar refractivity (Wildman–Crippen MR) is 77.9 cm³/mol. The van der Waals surface area contributed by atoms with E-state index in [1.54, 1.807) is 16.4 Å². The van der Waals surface area contributed by atoms with Crippen LogP contribution in [0.5, 0.6) is 0 Å². The fraction of sp³-hybridized carbons (Fsp3) is 0.571. The maximum Gasteiger partial charge on any atom is 0.243 e. The van der Waals surface area contributed by atoms with E-state index in [0.29, 0.717) is 29.8 Å². The highest BCUT2D eigenvalue weighted by Crippen LogP contribution is 2.31. The lowest BCUT2D eigenvalue weighted by Gasteiger charge is -2.21. The average molecular weight is 302 g/mol. The Morgan fingerprint density at radius 1 is 1.37 bits per heavy atom. The number of hydrogen-bond acceptors (Lipinski definition) is 2. The van der Waals surface area contributed by atoms with E-state index in [4.69, 9.17) is 11.6 Å². The molecule has 1 aromatic carbocycles. The van der Waals surface area contributed by atoms with Crippen molar-refractivity contribution < 1.29 is 8.42 Å². The van der Waals surface area contributed by atoms with E-state index in [-0.39, 0.29) is 0 Å². The Morgan fingerprint density at radius 2 is 2.05 bits per heavy atom. The van der Waals surface area contributed by atoms with Crippen molar-refractivity contribution in [1.82, 2.24) is 4.31 Å². The number of rotatable bonds is 6. The zero-order chi connectivity index (χ0) is 14.0. The van der Waals surface area contributed by atoms with Gasteiger partial charge in [-0.1, -0.05) is 13.0 Å². The van der Waals surface area contributed by atoms with Gasteiger partial charge in [-0.25, -0.2) is 8.42 Å². The van der Waals surface area contributed by atoms with Crippen molar-refractivity contribution in [3.05, 3.63) is 29.3 Å². The molecular formula is C14H20ClNO2S. The fourth-order valence-corrected chi connectivity index (χ4v) is 3.95. The summed E-state index contributed by atoms with van der Waals surface area (Å²) in [5.41, 5.74) is 1.91. The Balaban J connectivity index is 2.31. The van der Waals surface area contributed by atoms with Crippen molar-refractivity contribution in [3.8, 4) is 0 Å². The molecule has 106 valence electrons. The van der Waals surface area contributed by atoms with Crippen LogP contribution < -0.4 is 0 Å². The number of hydrogen-bond donors (Lipinski definition) is 0. The monoisotopic (exact) mass is 301 g/mol. The third kappa shape index (κ3) is 3.30. The van der Waals surface area contributed by atoms with Gasteiger partial charge in [0.05, 0.1) is 4.90 Å². The second kappa shape index (κ2) is 5.81. The maximum atomic E-state index is 12.6. The zero-order valence-electron chi connectivity index (χ0n) is 11.4. The van der Waals surface area contributed by atoms with Crippen LogP contribution in [0.1, 0.15) is 30.9 Å². The molecule has 0 N–H and O–H groups in total. The Labute approximate surface area is 120 Å². The molecule has 0 spiro atoms. The van der Waals surface area contributed by atoms with Crippen molar-refractivity contribution in [3.63, 3.8) is 0 Å². The smallest absolute Gasteiger partial charge is 0.207 e. The van der Waals surface area contributed by atoms with Gasteiger partial charge in [0.25, 0.3) is 0 Å². The lowest BCUT2D eigenvalue weighted by atomic mass is 10.1. The van der Waals surface area contributed by atoms with E-state index in [9.17, 15) is 8.42 Å². The summed E-state index contributed by atoms with van der Waals surface area (Å²) in [6.07, 6.45) is 2.29. The molecule has 0 bridgehead atoms. The SMILES string of the molecule is CCN(CC1CC1)S(=O)(=O)c1ccc(C)c(CCl)c1. The molecule has 1 aromatic rings. The number of aryl methyl sites for hydroxylation is 1. The van der Waals surface area contributed by atoms with E-state index in [0.717, 1.165) is 24.0 Å². The second-order valence-corrected chi connectivity index (χ2v) is 7.33. The minimum atomic E-state index is -3.38. The molecule has 3 nitrogen and oxygen atoms in total. The van der Waals surface area contributed by atoms with Crippen LogP contribution in [0.25, 0.3) is 0 Å². The summed E-state index contributed by atoms with van der Waals surface area (Å²) in [5.74, 6) is 0.886. The van der Waals surface area contributed by atoms with E-state index >= 15 is 0 Å². The van der Waals surface area contributed by atoms with Crippen molar-refractivity contribution in [2.45, 2.75) is 37.5 Å². The lowest BCUT2D eigenvalue weighted by molar-refractivity contribution is 0.412. The summed E-state index contributed by atoms with van der Waals surface area (Å²) in [4.78, 5) is 0.358. The first-order chi connectivity index (χ1) is 8.98. The third-order valence-electron chi connectivity index (χ3n) is 3.61. The van der Waals surface area contributed by atoms with Crippen LogP contribution >= 0.6 is 11.6 Å². The normalized spacial score (nSPS) is 16.0. The molecule has 0 aliphatic heterocycles. The average Bonchev–Trinajstić information content (AvgIpc) is 3.20. The second-order valence-electron chi connectivity index (χ2n) is 5.12. The van der Waals surface area contributed by atoms with Gasteiger partial charge in [0, 0.05) is 19.0 Å². The molecule has 1 fully saturated rings. The Kier molecular flexibility index (Phi) is 4.54. The molecule has 0 aromatic heterocycles. The Morgan fingerprint density at radius 3 is 2.58 bits per heavy atom. The first-order valence-corrected chi connectivity index (χ1v) is 8.62. The van der Waals surface area contributed by atoms with Crippen LogP contribution in [-0.2, 0) is 15.9 Å². The van der Waals surface area contributed by atoms with E-state index in [1.165, 1.54) is 0 Å². The number of nitrogens with zero attached hydrogens (tertiary/aromatic N) is 1. The highest BCUT2D eigenvalue weighted by Gasteiger charge is 2.30. The summed E-state index contributed by atoms with van der Waals surface area (Å²) in [7, 11) is -3.38. The fourth-order valence-electron chi connectivity index (χ4n) is 2.09. The molecule has 1 saturated carbocycles. The van der Waals surface area contributed by atoms with Gasteiger partial charge >= 0.3 is 0 Å². The van der Waals surface area contributed by atoms with Gasteiger partial charge in [0.1, 0.15) is 0 Å². The van der Waals surface area contributed by atoms with E-state index in [2.05, 4.69) is 0 Å². The van der Waals surface area contributed by atoms with Crippen molar-refractivity contribution >= 4 is 21.6 Å². The molecule has 0 heterocycles. The highest BCUT2D eigenvalue weighted by molar-refractivity contribution is 7.89. The molecule has 1 aliphatic rings. The van der Waals surface area contributed by atoms with Crippen LogP contribution in [0.4, 0.5) is 0 Å². The minimum absolute atomic E-state index is 0.337. The topological polar surface area (TPSA) is 37.4 Å². The summed E-state index contributed by atoms with van der Waals surface area (Å²) in [5, 5.41) is 0. The summed E-state index contributed by atoms with van der Waals surface area (Å²) in [6.45, 7) is 4.98. The summed E-state index contributed by atoms with van der Waals surface area (Å²) >= 11 is 5.85. The van der Waals surface area contributed by atoms with Crippen LogP contribution in [0.2, 0.25) is 0 Å². The molecule has 19 heavy (non-hydrogen) atoms. The molecule has 0 atom stereocenters. The molecule has 1 aliphatic carbocycles. The quantitative estimate of drug-likeness (QED) is 0.757. The molecule has 5 heteroatoms. The summed E-state index contributed by atoms with van der Waals surface area (Å²) in [6, 6.07) is 5.21. The Hall–Kier alpha value is -0.580. The Bertz CT molecular complexity index is 553. The summed E-state index contributed by atoms with van der Waals surface area (Å²) < 4.78 is 26.8. The first-order valence-electron chi connectivity index (χ1n) is 6.64. The largest absolute Gasteiger partial charge is 0.243 e. The van der Waals surface area contributed by atoms with Crippen molar-refractivity contribution in [2.75, 3.05) is 13.1 Å². The lowest BCUT2D eigenvalue weighted by Crippen LogP contribution is -2.32. The number of benzene rings is 1.